The molecular formula is C12H17N3O2. The molecule has 1 amide bonds. The van der Waals surface area contributed by atoms with Crippen molar-refractivity contribution < 1.29 is 9.53 Å². The number of amides is 1. The van der Waals surface area contributed by atoms with E-state index in [4.69, 9.17) is 10.00 Å². The second-order valence-electron chi connectivity index (χ2n) is 4.14. The highest BCUT2D eigenvalue weighted by molar-refractivity contribution is 5.85. The average molecular weight is 235 g/mol. The maximum absolute atomic E-state index is 12.3. The van der Waals surface area contributed by atoms with Crippen LogP contribution in [0.2, 0.25) is 0 Å². The number of morpholine rings is 1. The SMILES string of the molecule is CCC(C#N)(CC)C(=O)N1CCOC(C#N)C1. The first-order chi connectivity index (χ1) is 8.13. The molecule has 1 aliphatic rings. The molecule has 92 valence electrons. The van der Waals surface area contributed by atoms with Crippen molar-refractivity contribution in [3.8, 4) is 12.1 Å². The summed E-state index contributed by atoms with van der Waals surface area (Å²) in [6.45, 7) is 4.76. The number of hydrogen-bond acceptors (Lipinski definition) is 4. The Balaban J connectivity index is 2.82. The fourth-order valence-electron chi connectivity index (χ4n) is 1.97. The van der Waals surface area contributed by atoms with Crippen molar-refractivity contribution in [1.82, 2.24) is 4.90 Å². The summed E-state index contributed by atoms with van der Waals surface area (Å²) in [5.74, 6) is -0.173. The summed E-state index contributed by atoms with van der Waals surface area (Å²) in [6, 6.07) is 4.13. The predicted molar refractivity (Wildman–Crippen MR) is 60.6 cm³/mol. The van der Waals surface area contributed by atoms with E-state index in [9.17, 15) is 10.1 Å². The standard InChI is InChI=1S/C12H17N3O2/c1-3-12(4-2,9-14)11(16)15-5-6-17-10(7-13)8-15/h10H,3-6,8H2,1-2H3. The second kappa shape index (κ2) is 5.65. The number of carbonyl (C=O) groups excluding carboxylic acids is 1. The van der Waals surface area contributed by atoms with Crippen LogP contribution in [0, 0.1) is 28.1 Å². The van der Waals surface area contributed by atoms with Crippen molar-refractivity contribution >= 4 is 5.91 Å². The maximum Gasteiger partial charge on any atom is 0.243 e. The zero-order valence-electron chi connectivity index (χ0n) is 10.3. The molecule has 0 aromatic rings. The van der Waals surface area contributed by atoms with Crippen LogP contribution in [-0.2, 0) is 9.53 Å². The van der Waals surface area contributed by atoms with Gasteiger partial charge in [0.15, 0.2) is 6.10 Å². The van der Waals surface area contributed by atoms with Gasteiger partial charge in [0.25, 0.3) is 0 Å². The Bertz CT molecular complexity index is 363. The molecule has 1 unspecified atom stereocenters. The van der Waals surface area contributed by atoms with E-state index < -0.39 is 11.5 Å². The largest absolute Gasteiger partial charge is 0.360 e. The molecule has 5 nitrogen and oxygen atoms in total. The number of carbonyl (C=O) groups is 1. The molecule has 0 bridgehead atoms. The van der Waals surface area contributed by atoms with Gasteiger partial charge in [-0.05, 0) is 12.8 Å². The Kier molecular flexibility index (Phi) is 4.48. The van der Waals surface area contributed by atoms with Crippen molar-refractivity contribution in [3.05, 3.63) is 0 Å². The van der Waals surface area contributed by atoms with Crippen LogP contribution >= 0.6 is 0 Å². The van der Waals surface area contributed by atoms with Gasteiger partial charge in [-0.15, -0.1) is 0 Å². The van der Waals surface area contributed by atoms with Crippen LogP contribution in [0.25, 0.3) is 0 Å². The van der Waals surface area contributed by atoms with E-state index in [1.54, 1.807) is 4.90 Å². The monoisotopic (exact) mass is 235 g/mol. The van der Waals surface area contributed by atoms with Crippen LogP contribution in [0.5, 0.6) is 0 Å². The van der Waals surface area contributed by atoms with Gasteiger partial charge >= 0.3 is 0 Å². The summed E-state index contributed by atoms with van der Waals surface area (Å²) in [4.78, 5) is 13.9. The lowest BCUT2D eigenvalue weighted by Crippen LogP contribution is -2.50. The highest BCUT2D eigenvalue weighted by atomic mass is 16.5. The lowest BCUT2D eigenvalue weighted by molar-refractivity contribution is -0.145. The molecule has 1 saturated heterocycles. The number of ether oxygens (including phenoxy) is 1. The van der Waals surface area contributed by atoms with Gasteiger partial charge in [0.05, 0.1) is 25.3 Å². The van der Waals surface area contributed by atoms with Crippen LogP contribution < -0.4 is 0 Å². The lowest BCUT2D eigenvalue weighted by atomic mass is 9.82. The van der Waals surface area contributed by atoms with Crippen molar-refractivity contribution in [2.45, 2.75) is 32.8 Å². The van der Waals surface area contributed by atoms with Crippen molar-refractivity contribution in [2.24, 2.45) is 5.41 Å². The quantitative estimate of drug-likeness (QED) is 0.733. The van der Waals surface area contributed by atoms with Gasteiger partial charge in [-0.1, -0.05) is 13.8 Å². The Morgan fingerprint density at radius 1 is 1.47 bits per heavy atom. The molecule has 5 heteroatoms. The number of hydrogen-bond donors (Lipinski definition) is 0. The Labute approximate surface area is 102 Å². The molecule has 1 rings (SSSR count). The molecule has 1 atom stereocenters. The van der Waals surface area contributed by atoms with Crippen molar-refractivity contribution in [3.63, 3.8) is 0 Å². The minimum Gasteiger partial charge on any atom is -0.360 e. The fraction of sp³-hybridized carbons (Fsp3) is 0.750. The average Bonchev–Trinajstić information content (AvgIpc) is 2.41. The molecule has 1 heterocycles. The van der Waals surface area contributed by atoms with Gasteiger partial charge in [0, 0.05) is 6.54 Å². The van der Waals surface area contributed by atoms with Crippen LogP contribution in [0.4, 0.5) is 0 Å². The molecule has 0 N–H and O–H groups in total. The fourth-order valence-corrected chi connectivity index (χ4v) is 1.97. The third kappa shape index (κ3) is 2.57. The van der Waals surface area contributed by atoms with Crippen molar-refractivity contribution in [2.75, 3.05) is 19.7 Å². The molecule has 0 aliphatic carbocycles. The summed E-state index contributed by atoms with van der Waals surface area (Å²) < 4.78 is 5.18. The molecule has 0 saturated carbocycles. The van der Waals surface area contributed by atoms with E-state index in [1.807, 2.05) is 19.9 Å². The predicted octanol–water partition coefficient (Wildman–Crippen LogP) is 1.07. The summed E-state index contributed by atoms with van der Waals surface area (Å²) in [7, 11) is 0. The number of nitriles is 2. The van der Waals surface area contributed by atoms with Gasteiger partial charge in [-0.3, -0.25) is 4.79 Å². The summed E-state index contributed by atoms with van der Waals surface area (Å²) in [5.41, 5.74) is -0.947. The van der Waals surface area contributed by atoms with E-state index >= 15 is 0 Å². The smallest absolute Gasteiger partial charge is 0.243 e. The molecule has 0 aromatic carbocycles. The van der Waals surface area contributed by atoms with Gasteiger partial charge in [-0.25, -0.2) is 0 Å². The summed E-state index contributed by atoms with van der Waals surface area (Å²) in [5, 5.41) is 18.0. The van der Waals surface area contributed by atoms with Crippen LogP contribution in [0.15, 0.2) is 0 Å². The Hall–Kier alpha value is -1.59. The van der Waals surface area contributed by atoms with E-state index in [1.165, 1.54) is 0 Å². The van der Waals surface area contributed by atoms with Crippen LogP contribution in [-0.4, -0.2) is 36.6 Å². The molecule has 17 heavy (non-hydrogen) atoms. The molecule has 0 aromatic heterocycles. The first-order valence-electron chi connectivity index (χ1n) is 5.85. The molecule has 0 spiro atoms. The highest BCUT2D eigenvalue weighted by Crippen LogP contribution is 2.28. The van der Waals surface area contributed by atoms with Gasteiger partial charge in [0.2, 0.25) is 5.91 Å². The molecular weight excluding hydrogens is 218 g/mol. The van der Waals surface area contributed by atoms with Gasteiger partial charge in [0.1, 0.15) is 5.41 Å². The van der Waals surface area contributed by atoms with E-state index in [0.717, 1.165) is 0 Å². The maximum atomic E-state index is 12.3. The normalized spacial score (nSPS) is 20.5. The Morgan fingerprint density at radius 3 is 2.59 bits per heavy atom. The van der Waals surface area contributed by atoms with Crippen LogP contribution in [0.1, 0.15) is 26.7 Å². The third-order valence-corrected chi connectivity index (χ3v) is 3.33. The van der Waals surface area contributed by atoms with E-state index in [0.29, 0.717) is 26.0 Å². The molecule has 0 radical (unpaired) electrons. The van der Waals surface area contributed by atoms with Gasteiger partial charge in [-0.2, -0.15) is 10.5 Å². The first kappa shape index (κ1) is 13.5. The van der Waals surface area contributed by atoms with Gasteiger partial charge < -0.3 is 9.64 Å². The van der Waals surface area contributed by atoms with Crippen molar-refractivity contribution in [1.29, 1.82) is 10.5 Å². The van der Waals surface area contributed by atoms with E-state index in [2.05, 4.69) is 6.07 Å². The van der Waals surface area contributed by atoms with E-state index in [-0.39, 0.29) is 12.5 Å². The number of rotatable bonds is 3. The second-order valence-corrected chi connectivity index (χ2v) is 4.14. The third-order valence-electron chi connectivity index (χ3n) is 3.33. The Morgan fingerprint density at radius 2 is 2.12 bits per heavy atom. The topological polar surface area (TPSA) is 77.1 Å². The van der Waals surface area contributed by atoms with Crippen LogP contribution in [0.3, 0.4) is 0 Å². The lowest BCUT2D eigenvalue weighted by Gasteiger charge is -2.35. The minimum absolute atomic E-state index is 0.173. The highest BCUT2D eigenvalue weighted by Gasteiger charge is 2.40. The minimum atomic E-state index is -0.947. The molecule has 1 fully saturated rings. The zero-order chi connectivity index (χ0) is 12.9. The molecule has 1 aliphatic heterocycles. The zero-order valence-corrected chi connectivity index (χ0v) is 10.3. The summed E-state index contributed by atoms with van der Waals surface area (Å²) >= 11 is 0. The first-order valence-corrected chi connectivity index (χ1v) is 5.85. The summed E-state index contributed by atoms with van der Waals surface area (Å²) in [6.07, 6.45) is 0.415. The number of nitrogens with zero attached hydrogens (tertiary/aromatic N) is 3.